The van der Waals surface area contributed by atoms with Gasteiger partial charge in [0.05, 0.1) is 6.61 Å². The van der Waals surface area contributed by atoms with Gasteiger partial charge in [-0.05, 0) is 38.3 Å². The Morgan fingerprint density at radius 1 is 1.38 bits per heavy atom. The van der Waals surface area contributed by atoms with Crippen molar-refractivity contribution in [2.45, 2.75) is 39.3 Å². The second kappa shape index (κ2) is 8.64. The number of ether oxygens (including phenoxy) is 2. The van der Waals surface area contributed by atoms with Crippen molar-refractivity contribution in [1.82, 2.24) is 5.32 Å². The summed E-state index contributed by atoms with van der Waals surface area (Å²) in [4.78, 5) is 12.0. The molecule has 0 aliphatic carbocycles. The Hall–Kier alpha value is -1.59. The summed E-state index contributed by atoms with van der Waals surface area (Å²) >= 11 is 0. The van der Waals surface area contributed by atoms with Crippen LogP contribution in [0.25, 0.3) is 0 Å². The van der Waals surface area contributed by atoms with Gasteiger partial charge < -0.3 is 20.5 Å². The second-order valence-corrected chi connectivity index (χ2v) is 5.29. The molecule has 118 valence electrons. The third-order valence-electron chi connectivity index (χ3n) is 3.10. The van der Waals surface area contributed by atoms with Crippen LogP contribution in [-0.4, -0.2) is 38.3 Å². The SMILES string of the molecule is COCCNC(=O)C(C)Oc1c(C)cccc1CC(C)N. The van der Waals surface area contributed by atoms with Gasteiger partial charge in [-0.3, -0.25) is 4.79 Å². The third kappa shape index (κ3) is 5.73. The van der Waals surface area contributed by atoms with Crippen LogP contribution in [-0.2, 0) is 16.0 Å². The quantitative estimate of drug-likeness (QED) is 0.711. The van der Waals surface area contributed by atoms with Crippen molar-refractivity contribution in [2.75, 3.05) is 20.3 Å². The van der Waals surface area contributed by atoms with Crippen LogP contribution in [0, 0.1) is 6.92 Å². The molecule has 0 aromatic heterocycles. The van der Waals surface area contributed by atoms with Crippen LogP contribution >= 0.6 is 0 Å². The van der Waals surface area contributed by atoms with Gasteiger partial charge in [0.2, 0.25) is 0 Å². The molecule has 0 saturated carbocycles. The molecular formula is C16H26N2O3. The zero-order valence-electron chi connectivity index (χ0n) is 13.3. The van der Waals surface area contributed by atoms with Crippen LogP contribution < -0.4 is 15.8 Å². The maximum absolute atomic E-state index is 12.0. The van der Waals surface area contributed by atoms with E-state index in [1.54, 1.807) is 14.0 Å². The van der Waals surface area contributed by atoms with Gasteiger partial charge in [-0.15, -0.1) is 0 Å². The van der Waals surface area contributed by atoms with Crippen molar-refractivity contribution in [3.05, 3.63) is 29.3 Å². The molecule has 1 aromatic rings. The fraction of sp³-hybridized carbons (Fsp3) is 0.562. The fourth-order valence-electron chi connectivity index (χ4n) is 2.04. The Morgan fingerprint density at radius 3 is 2.71 bits per heavy atom. The lowest BCUT2D eigenvalue weighted by Crippen LogP contribution is -2.38. The summed E-state index contributed by atoms with van der Waals surface area (Å²) in [5.41, 5.74) is 7.90. The van der Waals surface area contributed by atoms with E-state index in [0.717, 1.165) is 23.3 Å². The molecule has 5 heteroatoms. The highest BCUT2D eigenvalue weighted by atomic mass is 16.5. The van der Waals surface area contributed by atoms with Crippen molar-refractivity contribution < 1.29 is 14.3 Å². The van der Waals surface area contributed by atoms with Gasteiger partial charge in [0, 0.05) is 19.7 Å². The standard InChI is InChI=1S/C16H26N2O3/c1-11-6-5-7-14(10-12(2)17)15(11)21-13(3)16(19)18-8-9-20-4/h5-7,12-13H,8-10,17H2,1-4H3,(H,18,19). The smallest absolute Gasteiger partial charge is 0.260 e. The van der Waals surface area contributed by atoms with Crippen LogP contribution in [0.15, 0.2) is 18.2 Å². The molecule has 2 atom stereocenters. The summed E-state index contributed by atoms with van der Waals surface area (Å²) in [6.45, 7) is 6.62. The van der Waals surface area contributed by atoms with Crippen LogP contribution in [0.1, 0.15) is 25.0 Å². The fourth-order valence-corrected chi connectivity index (χ4v) is 2.04. The van der Waals surface area contributed by atoms with Crippen molar-refractivity contribution in [2.24, 2.45) is 5.73 Å². The molecule has 3 N–H and O–H groups in total. The van der Waals surface area contributed by atoms with Crippen LogP contribution in [0.5, 0.6) is 5.75 Å². The molecule has 0 aliphatic heterocycles. The Morgan fingerprint density at radius 2 is 2.10 bits per heavy atom. The van der Waals surface area contributed by atoms with E-state index >= 15 is 0 Å². The minimum atomic E-state index is -0.560. The van der Waals surface area contributed by atoms with Gasteiger partial charge >= 0.3 is 0 Å². The number of aryl methyl sites for hydroxylation is 1. The number of rotatable bonds is 8. The van der Waals surface area contributed by atoms with Crippen molar-refractivity contribution >= 4 is 5.91 Å². The second-order valence-electron chi connectivity index (χ2n) is 5.29. The number of para-hydroxylation sites is 1. The topological polar surface area (TPSA) is 73.6 Å². The lowest BCUT2D eigenvalue weighted by atomic mass is 10.0. The highest BCUT2D eigenvalue weighted by molar-refractivity contribution is 5.80. The number of carbonyl (C=O) groups is 1. The number of nitrogens with two attached hydrogens (primary N) is 1. The number of hydrogen-bond donors (Lipinski definition) is 2. The van der Waals surface area contributed by atoms with Crippen LogP contribution in [0.4, 0.5) is 0 Å². The Balaban J connectivity index is 2.74. The summed E-state index contributed by atoms with van der Waals surface area (Å²) < 4.78 is 10.8. The molecule has 21 heavy (non-hydrogen) atoms. The molecule has 0 spiro atoms. The van der Waals surface area contributed by atoms with Crippen LogP contribution in [0.3, 0.4) is 0 Å². The van der Waals surface area contributed by atoms with E-state index in [9.17, 15) is 4.79 Å². The van der Waals surface area contributed by atoms with Gasteiger partial charge in [-0.1, -0.05) is 18.2 Å². The summed E-state index contributed by atoms with van der Waals surface area (Å²) in [6, 6.07) is 5.97. The number of amides is 1. The normalized spacial score (nSPS) is 13.6. The minimum Gasteiger partial charge on any atom is -0.480 e. The number of hydrogen-bond acceptors (Lipinski definition) is 4. The van der Waals surface area contributed by atoms with Crippen molar-refractivity contribution in [1.29, 1.82) is 0 Å². The highest BCUT2D eigenvalue weighted by Gasteiger charge is 2.17. The molecule has 0 radical (unpaired) electrons. The highest BCUT2D eigenvalue weighted by Crippen LogP contribution is 2.25. The first-order chi connectivity index (χ1) is 9.95. The molecule has 1 aromatic carbocycles. The lowest BCUT2D eigenvalue weighted by molar-refractivity contribution is -0.127. The summed E-state index contributed by atoms with van der Waals surface area (Å²) in [7, 11) is 1.60. The molecule has 2 unspecified atom stereocenters. The number of methoxy groups -OCH3 is 1. The van der Waals surface area contributed by atoms with Crippen LogP contribution in [0.2, 0.25) is 0 Å². The van der Waals surface area contributed by atoms with Gasteiger partial charge in [0.25, 0.3) is 5.91 Å². The first-order valence-electron chi connectivity index (χ1n) is 7.23. The summed E-state index contributed by atoms with van der Waals surface area (Å²) in [5, 5.41) is 2.77. The Labute approximate surface area is 126 Å². The first kappa shape index (κ1) is 17.5. The zero-order chi connectivity index (χ0) is 15.8. The molecule has 0 fully saturated rings. The predicted octanol–water partition coefficient (Wildman–Crippen LogP) is 1.41. The number of nitrogens with one attached hydrogen (secondary N) is 1. The predicted molar refractivity (Wildman–Crippen MR) is 83.5 cm³/mol. The third-order valence-corrected chi connectivity index (χ3v) is 3.10. The van der Waals surface area contributed by atoms with E-state index in [0.29, 0.717) is 13.2 Å². The largest absolute Gasteiger partial charge is 0.480 e. The van der Waals surface area contributed by atoms with E-state index in [1.165, 1.54) is 0 Å². The van der Waals surface area contributed by atoms with E-state index < -0.39 is 6.10 Å². The van der Waals surface area contributed by atoms with Gasteiger partial charge in [-0.25, -0.2) is 0 Å². The van der Waals surface area contributed by atoms with E-state index in [1.807, 2.05) is 32.0 Å². The Kier molecular flexibility index (Phi) is 7.19. The lowest BCUT2D eigenvalue weighted by Gasteiger charge is -2.20. The Bertz CT molecular complexity index is 461. The van der Waals surface area contributed by atoms with Crippen molar-refractivity contribution in [3.8, 4) is 5.75 Å². The maximum atomic E-state index is 12.0. The summed E-state index contributed by atoms with van der Waals surface area (Å²) in [6.07, 6.45) is 0.157. The molecule has 0 saturated heterocycles. The number of benzene rings is 1. The minimum absolute atomic E-state index is 0.0417. The van der Waals surface area contributed by atoms with Crippen molar-refractivity contribution in [3.63, 3.8) is 0 Å². The van der Waals surface area contributed by atoms with Gasteiger partial charge in [0.1, 0.15) is 5.75 Å². The average molecular weight is 294 g/mol. The van der Waals surface area contributed by atoms with Gasteiger partial charge in [0.15, 0.2) is 6.10 Å². The molecular weight excluding hydrogens is 268 g/mol. The summed E-state index contributed by atoms with van der Waals surface area (Å²) in [5.74, 6) is 0.603. The monoisotopic (exact) mass is 294 g/mol. The molecule has 5 nitrogen and oxygen atoms in total. The number of carbonyl (C=O) groups excluding carboxylic acids is 1. The van der Waals surface area contributed by atoms with Gasteiger partial charge in [-0.2, -0.15) is 0 Å². The first-order valence-corrected chi connectivity index (χ1v) is 7.23. The van der Waals surface area contributed by atoms with E-state index in [4.69, 9.17) is 15.2 Å². The zero-order valence-corrected chi connectivity index (χ0v) is 13.3. The van der Waals surface area contributed by atoms with E-state index in [-0.39, 0.29) is 11.9 Å². The molecule has 1 amide bonds. The molecule has 1 rings (SSSR count). The maximum Gasteiger partial charge on any atom is 0.260 e. The average Bonchev–Trinajstić information content (AvgIpc) is 2.42. The van der Waals surface area contributed by atoms with E-state index in [2.05, 4.69) is 5.32 Å². The molecule has 0 aliphatic rings. The molecule has 0 heterocycles. The molecule has 0 bridgehead atoms.